The number of amides is 1. The van der Waals surface area contributed by atoms with E-state index < -0.39 is 11.8 Å². The molecule has 6 heteroatoms. The van der Waals surface area contributed by atoms with Gasteiger partial charge in [-0.1, -0.05) is 11.6 Å². The molecule has 0 aliphatic heterocycles. The zero-order valence-electron chi connectivity index (χ0n) is 7.22. The van der Waals surface area contributed by atoms with Gasteiger partial charge in [-0.3, -0.25) is 4.79 Å². The number of rotatable bonds is 2. The molecule has 0 radical (unpaired) electrons. The summed E-state index contributed by atoms with van der Waals surface area (Å²) in [6.07, 6.45) is 0.881. The lowest BCUT2D eigenvalue weighted by molar-refractivity contribution is 0.0170. The van der Waals surface area contributed by atoms with Gasteiger partial charge < -0.3 is 5.73 Å². The van der Waals surface area contributed by atoms with Crippen LogP contribution in [0.25, 0.3) is 0 Å². The Morgan fingerprint density at radius 3 is 2.57 bits per heavy atom. The topological polar surface area (TPSA) is 56.0 Å². The van der Waals surface area contributed by atoms with Crippen molar-refractivity contribution in [3.8, 4) is 0 Å². The van der Waals surface area contributed by atoms with E-state index in [1.54, 1.807) is 0 Å². The number of carbonyl (C=O) groups excluding carboxylic acids is 1. The van der Waals surface area contributed by atoms with E-state index in [1.165, 1.54) is 0 Å². The zero-order valence-corrected chi connectivity index (χ0v) is 7.98. The van der Waals surface area contributed by atoms with Crippen molar-refractivity contribution in [2.45, 2.75) is 12.8 Å². The van der Waals surface area contributed by atoms with Crippen molar-refractivity contribution in [3.05, 3.63) is 28.5 Å². The van der Waals surface area contributed by atoms with Crippen LogP contribution >= 0.6 is 11.6 Å². The van der Waals surface area contributed by atoms with Crippen LogP contribution in [0.2, 0.25) is 5.02 Å². The monoisotopic (exact) mass is 220 g/mol. The maximum absolute atomic E-state index is 12.8. The smallest absolute Gasteiger partial charge is 0.272 e. The largest absolute Gasteiger partial charge is 0.364 e. The minimum absolute atomic E-state index is 0.170. The highest BCUT2D eigenvalue weighted by molar-refractivity contribution is 6.33. The van der Waals surface area contributed by atoms with Crippen LogP contribution in [0, 0.1) is 0 Å². The highest BCUT2D eigenvalue weighted by Crippen LogP contribution is 2.28. The molecule has 0 unspecified atom stereocenters. The zero-order chi connectivity index (χ0) is 10.9. The average Bonchev–Trinajstić information content (AvgIpc) is 2.01. The van der Waals surface area contributed by atoms with E-state index in [0.29, 0.717) is 6.92 Å². The van der Waals surface area contributed by atoms with Crippen molar-refractivity contribution >= 4 is 17.5 Å². The van der Waals surface area contributed by atoms with Crippen LogP contribution in [-0.2, 0) is 5.92 Å². The molecule has 0 aromatic carbocycles. The molecule has 0 bridgehead atoms. The maximum Gasteiger partial charge on any atom is 0.272 e. The van der Waals surface area contributed by atoms with E-state index in [1.807, 2.05) is 0 Å². The number of hydrogen-bond donors (Lipinski definition) is 1. The lowest BCUT2D eigenvalue weighted by Gasteiger charge is -2.10. The fraction of sp³-hybridized carbons (Fsp3) is 0.250. The molecular formula is C8H7ClF2N2O. The maximum atomic E-state index is 12.8. The molecule has 14 heavy (non-hydrogen) atoms. The number of nitrogens with zero attached hydrogens (tertiary/aromatic N) is 1. The van der Waals surface area contributed by atoms with E-state index >= 15 is 0 Å². The molecule has 76 valence electrons. The Bertz CT molecular complexity index is 376. The van der Waals surface area contributed by atoms with E-state index in [-0.39, 0.29) is 16.3 Å². The summed E-state index contributed by atoms with van der Waals surface area (Å²) in [5.41, 5.74) is 4.34. The van der Waals surface area contributed by atoms with Crippen molar-refractivity contribution in [3.63, 3.8) is 0 Å². The van der Waals surface area contributed by atoms with Gasteiger partial charge in [-0.05, 0) is 6.07 Å². The summed E-state index contributed by atoms with van der Waals surface area (Å²) in [6, 6.07) is 0.981. The molecule has 0 saturated carbocycles. The van der Waals surface area contributed by atoms with E-state index in [4.69, 9.17) is 17.3 Å². The minimum atomic E-state index is -3.03. The summed E-state index contributed by atoms with van der Waals surface area (Å²) in [4.78, 5) is 14.1. The molecule has 1 amide bonds. The lowest BCUT2D eigenvalue weighted by Crippen LogP contribution is -2.15. The molecule has 0 atom stereocenters. The third kappa shape index (κ3) is 2.17. The summed E-state index contributed by atoms with van der Waals surface area (Å²) >= 11 is 5.53. The van der Waals surface area contributed by atoms with E-state index in [2.05, 4.69) is 4.98 Å². The number of nitrogens with two attached hydrogens (primary N) is 1. The summed E-state index contributed by atoms with van der Waals surface area (Å²) in [6.45, 7) is 0.713. The van der Waals surface area contributed by atoms with Gasteiger partial charge in [0.25, 0.3) is 11.8 Å². The van der Waals surface area contributed by atoms with Gasteiger partial charge in [-0.25, -0.2) is 13.8 Å². The van der Waals surface area contributed by atoms with Crippen molar-refractivity contribution in [2.24, 2.45) is 5.73 Å². The molecular weight excluding hydrogens is 214 g/mol. The third-order valence-corrected chi connectivity index (χ3v) is 1.87. The van der Waals surface area contributed by atoms with Gasteiger partial charge in [0.05, 0.1) is 5.02 Å². The fourth-order valence-electron chi connectivity index (χ4n) is 0.859. The Balaban J connectivity index is 3.20. The van der Waals surface area contributed by atoms with E-state index in [9.17, 15) is 13.6 Å². The van der Waals surface area contributed by atoms with Gasteiger partial charge in [0.15, 0.2) is 0 Å². The van der Waals surface area contributed by atoms with Gasteiger partial charge >= 0.3 is 0 Å². The van der Waals surface area contributed by atoms with Crippen LogP contribution in [-0.4, -0.2) is 10.9 Å². The third-order valence-electron chi connectivity index (χ3n) is 1.58. The fourth-order valence-corrected chi connectivity index (χ4v) is 1.12. The number of halogens is 3. The number of pyridine rings is 1. The molecule has 0 fully saturated rings. The quantitative estimate of drug-likeness (QED) is 0.828. The predicted octanol–water partition coefficient (Wildman–Crippen LogP) is 1.95. The van der Waals surface area contributed by atoms with Crippen molar-refractivity contribution in [1.82, 2.24) is 4.98 Å². The Morgan fingerprint density at radius 2 is 2.21 bits per heavy atom. The molecule has 0 spiro atoms. The normalized spacial score (nSPS) is 11.4. The van der Waals surface area contributed by atoms with Gasteiger partial charge in [0, 0.05) is 18.7 Å². The Hall–Kier alpha value is -1.23. The number of alkyl halides is 2. The second-order valence-corrected chi connectivity index (χ2v) is 3.21. The van der Waals surface area contributed by atoms with Gasteiger partial charge in [-0.15, -0.1) is 0 Å². The van der Waals surface area contributed by atoms with E-state index in [0.717, 1.165) is 12.3 Å². The Labute approximate surface area is 83.9 Å². The molecule has 1 heterocycles. The summed E-state index contributed by atoms with van der Waals surface area (Å²) < 4.78 is 25.5. The van der Waals surface area contributed by atoms with Crippen molar-refractivity contribution < 1.29 is 13.6 Å². The molecule has 0 aliphatic carbocycles. The molecule has 0 aliphatic rings. The number of hydrogen-bond acceptors (Lipinski definition) is 2. The first-order chi connectivity index (χ1) is 6.32. The van der Waals surface area contributed by atoms with Crippen molar-refractivity contribution in [2.75, 3.05) is 0 Å². The molecule has 2 N–H and O–H groups in total. The van der Waals surface area contributed by atoms with Crippen LogP contribution in [0.3, 0.4) is 0 Å². The lowest BCUT2D eigenvalue weighted by atomic mass is 10.1. The second kappa shape index (κ2) is 3.49. The molecule has 1 aromatic heterocycles. The SMILES string of the molecule is CC(F)(F)c1cnc(C(N)=O)c(Cl)c1. The Kier molecular flexibility index (Phi) is 2.71. The van der Waals surface area contributed by atoms with Crippen molar-refractivity contribution in [1.29, 1.82) is 0 Å². The second-order valence-electron chi connectivity index (χ2n) is 2.81. The van der Waals surface area contributed by atoms with Crippen LogP contribution in [0.4, 0.5) is 8.78 Å². The highest BCUT2D eigenvalue weighted by atomic mass is 35.5. The number of aromatic nitrogens is 1. The number of carbonyl (C=O) groups is 1. The molecule has 0 saturated heterocycles. The van der Waals surface area contributed by atoms with Crippen LogP contribution in [0.1, 0.15) is 23.0 Å². The minimum Gasteiger partial charge on any atom is -0.364 e. The molecule has 1 aromatic rings. The van der Waals surface area contributed by atoms with Crippen LogP contribution in [0.15, 0.2) is 12.3 Å². The summed E-state index contributed by atoms with van der Waals surface area (Å²) in [5.74, 6) is -3.88. The average molecular weight is 221 g/mol. The summed E-state index contributed by atoms with van der Waals surface area (Å²) in [7, 11) is 0. The first-order valence-corrected chi connectivity index (χ1v) is 4.04. The first-order valence-electron chi connectivity index (χ1n) is 3.66. The summed E-state index contributed by atoms with van der Waals surface area (Å²) in [5, 5.41) is -0.170. The molecule has 3 nitrogen and oxygen atoms in total. The van der Waals surface area contributed by atoms with Gasteiger partial charge in [-0.2, -0.15) is 0 Å². The molecule has 1 rings (SSSR count). The standard InChI is InChI=1S/C8H7ClF2N2O/c1-8(10,11)4-2-5(9)6(7(12)14)13-3-4/h2-3H,1H3,(H2,12,14). The van der Waals surface area contributed by atoms with Crippen LogP contribution < -0.4 is 5.73 Å². The number of primary amides is 1. The first kappa shape index (κ1) is 10.8. The van der Waals surface area contributed by atoms with Crippen LogP contribution in [0.5, 0.6) is 0 Å². The van der Waals surface area contributed by atoms with Gasteiger partial charge in [0.1, 0.15) is 5.69 Å². The highest BCUT2D eigenvalue weighted by Gasteiger charge is 2.26. The van der Waals surface area contributed by atoms with Gasteiger partial charge in [0.2, 0.25) is 0 Å². The Morgan fingerprint density at radius 1 is 1.64 bits per heavy atom. The predicted molar refractivity (Wildman–Crippen MR) is 47.3 cm³/mol.